The molecule has 1 aliphatic rings. The molecule has 0 atom stereocenters. The fraction of sp³-hybridized carbons (Fsp3) is 0.467. The van der Waals surface area contributed by atoms with Gasteiger partial charge < -0.3 is 10.1 Å². The van der Waals surface area contributed by atoms with Crippen LogP contribution in [0.1, 0.15) is 23.2 Å². The summed E-state index contributed by atoms with van der Waals surface area (Å²) in [6, 6.07) is 4.25. The van der Waals surface area contributed by atoms with Gasteiger partial charge in [0.25, 0.3) is 0 Å². The Morgan fingerprint density at radius 2 is 2.04 bits per heavy atom. The predicted molar refractivity (Wildman–Crippen MR) is 90.7 cm³/mol. The predicted octanol–water partition coefficient (Wildman–Crippen LogP) is 1.42. The van der Waals surface area contributed by atoms with Crippen molar-refractivity contribution < 1.29 is 22.7 Å². The molecule has 1 N–H and O–H groups in total. The molecule has 1 fully saturated rings. The van der Waals surface area contributed by atoms with E-state index < -0.39 is 16.0 Å². The van der Waals surface area contributed by atoms with Crippen LogP contribution >= 0.6 is 11.6 Å². The molecule has 0 aromatic heterocycles. The van der Waals surface area contributed by atoms with E-state index in [1.54, 1.807) is 0 Å². The highest BCUT2D eigenvalue weighted by Crippen LogP contribution is 2.30. The number of rotatable bonds is 7. The standard InChI is InChI=1S/C15H19ClN2O5S/c1-23-15(20)11-5-6-12(16)13(9-11)18(24(2,21)22)8-7-17-14(19)10-3-4-10/h5-6,9-10H,3-4,7-8H2,1-2H3,(H,17,19). The Balaban J connectivity index is 2.20. The number of nitrogens with one attached hydrogen (secondary N) is 1. The van der Waals surface area contributed by atoms with Gasteiger partial charge in [0.15, 0.2) is 0 Å². The Kier molecular flexibility index (Phi) is 5.71. The quantitative estimate of drug-likeness (QED) is 0.728. The van der Waals surface area contributed by atoms with Crippen molar-refractivity contribution in [3.63, 3.8) is 0 Å². The number of halogens is 1. The first-order valence-corrected chi connectivity index (χ1v) is 9.60. The molecule has 1 aliphatic carbocycles. The van der Waals surface area contributed by atoms with E-state index in [1.807, 2.05) is 0 Å². The summed E-state index contributed by atoms with van der Waals surface area (Å²) in [5, 5.41) is 2.89. The molecule has 1 aromatic rings. The van der Waals surface area contributed by atoms with E-state index in [2.05, 4.69) is 10.1 Å². The molecule has 24 heavy (non-hydrogen) atoms. The van der Waals surface area contributed by atoms with Gasteiger partial charge in [-0.3, -0.25) is 9.10 Å². The Bertz CT molecular complexity index is 746. The van der Waals surface area contributed by atoms with E-state index in [1.165, 1.54) is 25.3 Å². The number of hydrogen-bond donors (Lipinski definition) is 1. The summed E-state index contributed by atoms with van der Waals surface area (Å²) in [7, 11) is -2.41. The van der Waals surface area contributed by atoms with E-state index in [9.17, 15) is 18.0 Å². The molecule has 2 rings (SSSR count). The summed E-state index contributed by atoms with van der Waals surface area (Å²) in [5.41, 5.74) is 0.357. The van der Waals surface area contributed by atoms with Gasteiger partial charge in [-0.1, -0.05) is 11.6 Å². The molecule has 7 nitrogen and oxygen atoms in total. The highest BCUT2D eigenvalue weighted by atomic mass is 35.5. The molecule has 1 amide bonds. The number of carbonyl (C=O) groups is 2. The van der Waals surface area contributed by atoms with Gasteiger partial charge >= 0.3 is 5.97 Å². The second-order valence-electron chi connectivity index (χ2n) is 5.56. The summed E-state index contributed by atoms with van der Waals surface area (Å²) in [4.78, 5) is 23.3. The number of ether oxygens (including phenoxy) is 1. The number of benzene rings is 1. The number of carbonyl (C=O) groups excluding carboxylic acids is 2. The zero-order valence-electron chi connectivity index (χ0n) is 13.4. The number of esters is 1. The van der Waals surface area contributed by atoms with Crippen LogP contribution < -0.4 is 9.62 Å². The first kappa shape index (κ1) is 18.5. The third kappa shape index (κ3) is 4.61. The lowest BCUT2D eigenvalue weighted by Crippen LogP contribution is -2.38. The first-order valence-electron chi connectivity index (χ1n) is 7.37. The van der Waals surface area contributed by atoms with E-state index in [0.717, 1.165) is 23.4 Å². The molecule has 0 radical (unpaired) electrons. The van der Waals surface area contributed by atoms with Crippen LogP contribution in [0.3, 0.4) is 0 Å². The topological polar surface area (TPSA) is 92.8 Å². The highest BCUT2D eigenvalue weighted by molar-refractivity contribution is 7.92. The minimum Gasteiger partial charge on any atom is -0.465 e. The zero-order chi connectivity index (χ0) is 17.9. The SMILES string of the molecule is COC(=O)c1ccc(Cl)c(N(CCNC(=O)C2CC2)S(C)(=O)=O)c1. The van der Waals surface area contributed by atoms with Gasteiger partial charge in [-0.15, -0.1) is 0 Å². The molecule has 9 heteroatoms. The second-order valence-corrected chi connectivity index (χ2v) is 7.87. The van der Waals surface area contributed by atoms with Gasteiger partial charge in [0.05, 0.1) is 36.2 Å². The van der Waals surface area contributed by atoms with E-state index in [4.69, 9.17) is 11.6 Å². The molecule has 1 aromatic carbocycles. The van der Waals surface area contributed by atoms with Crippen molar-refractivity contribution in [1.29, 1.82) is 0 Å². The van der Waals surface area contributed by atoms with Crippen molar-refractivity contribution >= 4 is 39.2 Å². The van der Waals surface area contributed by atoms with Crippen LogP contribution in [-0.2, 0) is 19.6 Å². The summed E-state index contributed by atoms with van der Waals surface area (Å²) in [6.07, 6.45) is 2.78. The lowest BCUT2D eigenvalue weighted by Gasteiger charge is -2.24. The van der Waals surface area contributed by atoms with Crippen molar-refractivity contribution in [2.75, 3.05) is 30.8 Å². The average Bonchev–Trinajstić information content (AvgIpc) is 3.35. The van der Waals surface area contributed by atoms with Crippen LogP contribution in [0, 0.1) is 5.92 Å². The minimum absolute atomic E-state index is 0.0155. The zero-order valence-corrected chi connectivity index (χ0v) is 15.0. The normalized spacial score (nSPS) is 14.1. The van der Waals surface area contributed by atoms with Crippen molar-refractivity contribution in [3.05, 3.63) is 28.8 Å². The number of sulfonamides is 1. The molecule has 0 heterocycles. The molecular formula is C15H19ClN2O5S. The van der Waals surface area contributed by atoms with Gasteiger partial charge in [0, 0.05) is 12.5 Å². The molecule has 132 valence electrons. The minimum atomic E-state index is -3.65. The number of hydrogen-bond acceptors (Lipinski definition) is 5. The van der Waals surface area contributed by atoms with Crippen LogP contribution in [0.25, 0.3) is 0 Å². The lowest BCUT2D eigenvalue weighted by molar-refractivity contribution is -0.122. The smallest absolute Gasteiger partial charge is 0.337 e. The molecule has 0 bridgehead atoms. The van der Waals surface area contributed by atoms with Crippen LogP contribution in [-0.4, -0.2) is 46.7 Å². The lowest BCUT2D eigenvalue weighted by atomic mass is 10.2. The second kappa shape index (κ2) is 7.40. The van der Waals surface area contributed by atoms with Gasteiger partial charge in [-0.25, -0.2) is 13.2 Å². The first-order chi connectivity index (χ1) is 11.2. The Morgan fingerprint density at radius 1 is 1.38 bits per heavy atom. The van der Waals surface area contributed by atoms with Gasteiger partial charge in [0.1, 0.15) is 0 Å². The summed E-state index contributed by atoms with van der Waals surface area (Å²) in [6.45, 7) is 0.169. The van der Waals surface area contributed by atoms with E-state index in [-0.39, 0.29) is 41.2 Å². The largest absolute Gasteiger partial charge is 0.465 e. The van der Waals surface area contributed by atoms with Gasteiger partial charge in [0.2, 0.25) is 15.9 Å². The third-order valence-electron chi connectivity index (χ3n) is 3.60. The molecular weight excluding hydrogens is 356 g/mol. The maximum atomic E-state index is 12.1. The molecule has 0 aliphatic heterocycles. The highest BCUT2D eigenvalue weighted by Gasteiger charge is 2.29. The van der Waals surface area contributed by atoms with Gasteiger partial charge in [-0.05, 0) is 31.0 Å². The molecule has 0 unspecified atom stereocenters. The van der Waals surface area contributed by atoms with Gasteiger partial charge in [-0.2, -0.15) is 0 Å². The van der Waals surface area contributed by atoms with Crippen molar-refractivity contribution in [2.45, 2.75) is 12.8 Å². The fourth-order valence-electron chi connectivity index (χ4n) is 2.18. The Morgan fingerprint density at radius 3 is 2.58 bits per heavy atom. The molecule has 0 spiro atoms. The third-order valence-corrected chi connectivity index (χ3v) is 5.10. The fourth-order valence-corrected chi connectivity index (χ4v) is 3.39. The summed E-state index contributed by atoms with van der Waals surface area (Å²) in [5.74, 6) is -0.621. The number of nitrogens with zero attached hydrogens (tertiary/aromatic N) is 1. The number of amides is 1. The van der Waals surface area contributed by atoms with Crippen LogP contribution in [0.15, 0.2) is 18.2 Å². The van der Waals surface area contributed by atoms with Crippen molar-refractivity contribution in [3.8, 4) is 0 Å². The average molecular weight is 375 g/mol. The monoisotopic (exact) mass is 374 g/mol. The number of methoxy groups -OCH3 is 1. The van der Waals surface area contributed by atoms with Crippen molar-refractivity contribution in [2.24, 2.45) is 5.92 Å². The van der Waals surface area contributed by atoms with Crippen LogP contribution in [0.2, 0.25) is 5.02 Å². The van der Waals surface area contributed by atoms with Crippen LogP contribution in [0.5, 0.6) is 0 Å². The maximum Gasteiger partial charge on any atom is 0.337 e. The molecule has 1 saturated carbocycles. The molecule has 0 saturated heterocycles. The Labute approximate surface area is 146 Å². The number of anilines is 1. The Hall–Kier alpha value is -1.80. The summed E-state index contributed by atoms with van der Waals surface area (Å²) >= 11 is 6.10. The van der Waals surface area contributed by atoms with E-state index >= 15 is 0 Å². The van der Waals surface area contributed by atoms with Crippen molar-refractivity contribution in [1.82, 2.24) is 5.32 Å². The van der Waals surface area contributed by atoms with E-state index in [0.29, 0.717) is 0 Å². The summed E-state index contributed by atoms with van der Waals surface area (Å²) < 4.78 is 29.9. The maximum absolute atomic E-state index is 12.1. The van der Waals surface area contributed by atoms with Crippen LogP contribution in [0.4, 0.5) is 5.69 Å².